The van der Waals surface area contributed by atoms with Crippen LogP contribution in [0.15, 0.2) is 30.3 Å². The summed E-state index contributed by atoms with van der Waals surface area (Å²) in [6, 6.07) is 10.8. The molecule has 1 aliphatic carbocycles. The first-order valence-electron chi connectivity index (χ1n) is 7.27. The second kappa shape index (κ2) is 4.97. The fraction of sp³-hybridized carbons (Fsp3) is 0.562. The fourth-order valence-electron chi connectivity index (χ4n) is 3.42. The predicted molar refractivity (Wildman–Crippen MR) is 78.4 cm³/mol. The Morgan fingerprint density at radius 2 is 2.05 bits per heavy atom. The van der Waals surface area contributed by atoms with Crippen molar-refractivity contribution in [1.82, 2.24) is 4.90 Å². The lowest BCUT2D eigenvalue weighted by atomic mass is 9.98. The molecule has 0 bridgehead atoms. The maximum atomic E-state index is 7.50. The Balaban J connectivity index is 1.57. The summed E-state index contributed by atoms with van der Waals surface area (Å²) in [4.78, 5) is 2.58. The van der Waals surface area contributed by atoms with Gasteiger partial charge in [0.2, 0.25) is 0 Å². The van der Waals surface area contributed by atoms with Gasteiger partial charge >= 0.3 is 0 Å². The van der Waals surface area contributed by atoms with E-state index in [0.717, 1.165) is 13.0 Å². The average Bonchev–Trinajstić information content (AvgIpc) is 2.97. The van der Waals surface area contributed by atoms with Gasteiger partial charge in [-0.3, -0.25) is 5.41 Å². The SMILES string of the molecule is N=C(N)CC1(CN2CCC(c3ccccc3)C2)CC1. The normalized spacial score (nSPS) is 25.4. The smallest absolute Gasteiger partial charge is 0.0911 e. The van der Waals surface area contributed by atoms with Gasteiger partial charge in [-0.2, -0.15) is 0 Å². The van der Waals surface area contributed by atoms with Gasteiger partial charge in [0.05, 0.1) is 5.84 Å². The van der Waals surface area contributed by atoms with Crippen molar-refractivity contribution in [2.24, 2.45) is 11.1 Å². The number of hydrogen-bond donors (Lipinski definition) is 2. The van der Waals surface area contributed by atoms with E-state index in [1.807, 2.05) is 0 Å². The number of benzene rings is 1. The largest absolute Gasteiger partial charge is 0.388 e. The van der Waals surface area contributed by atoms with Crippen LogP contribution in [0.4, 0.5) is 0 Å². The van der Waals surface area contributed by atoms with Crippen molar-refractivity contribution in [1.29, 1.82) is 5.41 Å². The van der Waals surface area contributed by atoms with E-state index in [-0.39, 0.29) is 0 Å². The first-order valence-corrected chi connectivity index (χ1v) is 7.27. The highest BCUT2D eigenvalue weighted by Gasteiger charge is 2.45. The molecule has 1 aliphatic heterocycles. The number of rotatable bonds is 5. The van der Waals surface area contributed by atoms with Crippen molar-refractivity contribution in [2.75, 3.05) is 19.6 Å². The number of nitrogens with zero attached hydrogens (tertiary/aromatic N) is 1. The van der Waals surface area contributed by atoms with E-state index in [2.05, 4.69) is 35.2 Å². The van der Waals surface area contributed by atoms with Crippen LogP contribution in [-0.2, 0) is 0 Å². The molecule has 3 nitrogen and oxygen atoms in total. The summed E-state index contributed by atoms with van der Waals surface area (Å²) in [7, 11) is 0. The molecular formula is C16H23N3. The lowest BCUT2D eigenvalue weighted by Gasteiger charge is -2.23. The molecule has 3 N–H and O–H groups in total. The summed E-state index contributed by atoms with van der Waals surface area (Å²) < 4.78 is 0. The highest BCUT2D eigenvalue weighted by atomic mass is 15.2. The van der Waals surface area contributed by atoms with Crippen LogP contribution in [0.25, 0.3) is 0 Å². The minimum Gasteiger partial charge on any atom is -0.388 e. The third-order valence-electron chi connectivity index (χ3n) is 4.62. The van der Waals surface area contributed by atoms with E-state index in [1.165, 1.54) is 37.9 Å². The maximum Gasteiger partial charge on any atom is 0.0911 e. The lowest BCUT2D eigenvalue weighted by Crippen LogP contribution is -2.31. The first-order chi connectivity index (χ1) is 9.17. The molecule has 2 aliphatic rings. The fourth-order valence-corrected chi connectivity index (χ4v) is 3.42. The van der Waals surface area contributed by atoms with Gasteiger partial charge in [-0.15, -0.1) is 0 Å². The Hall–Kier alpha value is -1.35. The van der Waals surface area contributed by atoms with Gasteiger partial charge in [0.15, 0.2) is 0 Å². The van der Waals surface area contributed by atoms with Crippen molar-refractivity contribution in [3.05, 3.63) is 35.9 Å². The standard InChI is InChI=1S/C16H23N3/c17-15(18)10-16(7-8-16)12-19-9-6-14(11-19)13-4-2-1-3-5-13/h1-5,14H,6-12H2,(H3,17,18). The zero-order chi connectivity index (χ0) is 13.3. The summed E-state index contributed by atoms with van der Waals surface area (Å²) in [5.74, 6) is 1.05. The van der Waals surface area contributed by atoms with E-state index in [9.17, 15) is 0 Å². The average molecular weight is 257 g/mol. The molecule has 1 aromatic rings. The zero-order valence-corrected chi connectivity index (χ0v) is 11.4. The second-order valence-corrected chi connectivity index (χ2v) is 6.33. The molecule has 0 aromatic heterocycles. The van der Waals surface area contributed by atoms with Gasteiger partial charge in [-0.1, -0.05) is 30.3 Å². The van der Waals surface area contributed by atoms with Crippen LogP contribution < -0.4 is 5.73 Å². The topological polar surface area (TPSA) is 53.1 Å². The molecule has 1 unspecified atom stereocenters. The number of likely N-dealkylation sites (tertiary alicyclic amines) is 1. The van der Waals surface area contributed by atoms with E-state index in [1.54, 1.807) is 0 Å². The van der Waals surface area contributed by atoms with Crippen molar-refractivity contribution >= 4 is 5.84 Å². The van der Waals surface area contributed by atoms with E-state index >= 15 is 0 Å². The molecule has 3 heteroatoms. The lowest BCUT2D eigenvalue weighted by molar-refractivity contribution is 0.265. The van der Waals surface area contributed by atoms with Gasteiger partial charge in [0.1, 0.15) is 0 Å². The van der Waals surface area contributed by atoms with Crippen LogP contribution in [0.3, 0.4) is 0 Å². The Bertz CT molecular complexity index is 450. The zero-order valence-electron chi connectivity index (χ0n) is 11.4. The molecule has 19 heavy (non-hydrogen) atoms. The number of nitrogens with two attached hydrogens (primary N) is 1. The van der Waals surface area contributed by atoms with Gasteiger partial charge in [0, 0.05) is 19.5 Å². The molecule has 1 atom stereocenters. The van der Waals surface area contributed by atoms with Gasteiger partial charge in [-0.05, 0) is 42.7 Å². The maximum absolute atomic E-state index is 7.50. The molecule has 1 aromatic carbocycles. The Kier molecular flexibility index (Phi) is 3.31. The summed E-state index contributed by atoms with van der Waals surface area (Å²) in [6.07, 6.45) is 4.55. The van der Waals surface area contributed by atoms with Crippen LogP contribution in [0.5, 0.6) is 0 Å². The monoisotopic (exact) mass is 257 g/mol. The van der Waals surface area contributed by atoms with Gasteiger partial charge < -0.3 is 10.6 Å². The summed E-state index contributed by atoms with van der Waals surface area (Å²) in [6.45, 7) is 3.50. The minimum atomic E-state index is 0.345. The van der Waals surface area contributed by atoms with Crippen LogP contribution >= 0.6 is 0 Å². The van der Waals surface area contributed by atoms with E-state index in [4.69, 9.17) is 11.1 Å². The molecule has 1 heterocycles. The highest BCUT2D eigenvalue weighted by Crippen LogP contribution is 2.50. The first kappa shape index (κ1) is 12.7. The van der Waals surface area contributed by atoms with Crippen molar-refractivity contribution in [3.63, 3.8) is 0 Å². The molecular weight excluding hydrogens is 234 g/mol. The molecule has 2 fully saturated rings. The summed E-state index contributed by atoms with van der Waals surface area (Å²) >= 11 is 0. The van der Waals surface area contributed by atoms with Crippen LogP contribution in [0, 0.1) is 10.8 Å². The predicted octanol–water partition coefficient (Wildman–Crippen LogP) is 2.58. The van der Waals surface area contributed by atoms with E-state index in [0.29, 0.717) is 17.2 Å². The Labute approximate surface area is 115 Å². The third-order valence-corrected chi connectivity index (χ3v) is 4.62. The number of nitrogens with one attached hydrogen (secondary N) is 1. The summed E-state index contributed by atoms with van der Waals surface area (Å²) in [5, 5.41) is 7.50. The van der Waals surface area contributed by atoms with Crippen LogP contribution in [-0.4, -0.2) is 30.4 Å². The Morgan fingerprint density at radius 1 is 1.32 bits per heavy atom. The Morgan fingerprint density at radius 3 is 2.68 bits per heavy atom. The van der Waals surface area contributed by atoms with Crippen LogP contribution in [0.2, 0.25) is 0 Å². The van der Waals surface area contributed by atoms with Crippen molar-refractivity contribution in [2.45, 2.75) is 31.6 Å². The van der Waals surface area contributed by atoms with Crippen LogP contribution in [0.1, 0.15) is 37.2 Å². The van der Waals surface area contributed by atoms with Crippen molar-refractivity contribution in [3.8, 4) is 0 Å². The van der Waals surface area contributed by atoms with Crippen molar-refractivity contribution < 1.29 is 0 Å². The molecule has 0 radical (unpaired) electrons. The van der Waals surface area contributed by atoms with Gasteiger partial charge in [-0.25, -0.2) is 0 Å². The second-order valence-electron chi connectivity index (χ2n) is 6.33. The molecule has 3 rings (SSSR count). The molecule has 0 amide bonds. The van der Waals surface area contributed by atoms with E-state index < -0.39 is 0 Å². The minimum absolute atomic E-state index is 0.345. The van der Waals surface area contributed by atoms with Gasteiger partial charge in [0.25, 0.3) is 0 Å². The molecule has 1 saturated carbocycles. The number of hydrogen-bond acceptors (Lipinski definition) is 2. The highest BCUT2D eigenvalue weighted by molar-refractivity contribution is 5.78. The quantitative estimate of drug-likeness (QED) is 0.629. The molecule has 1 saturated heterocycles. The molecule has 0 spiro atoms. The molecule has 102 valence electrons. The summed E-state index contributed by atoms with van der Waals surface area (Å²) in [5.41, 5.74) is 7.39. The third kappa shape index (κ3) is 2.98. The number of amidine groups is 1.